The molecule has 3 N–H and O–H groups in total. The van der Waals surface area contributed by atoms with Crippen molar-refractivity contribution >= 4 is 27.3 Å². The smallest absolute Gasteiger partial charge is 0.211 e. The van der Waals surface area contributed by atoms with Gasteiger partial charge in [-0.3, -0.25) is 4.99 Å². The molecule has 0 aliphatic carbocycles. The molecule has 1 aromatic heterocycles. The Morgan fingerprint density at radius 2 is 1.91 bits per heavy atom. The number of thiophene rings is 1. The number of aliphatic imine (C=N–C) groups is 1. The lowest BCUT2D eigenvalue weighted by Gasteiger charge is -2.11. The molecule has 0 amide bonds. The molecule has 8 heteroatoms. The number of sulfonamides is 1. The molecular formula is C14H26N4O2S2. The zero-order valence-corrected chi connectivity index (χ0v) is 15.1. The van der Waals surface area contributed by atoms with E-state index in [0.717, 1.165) is 18.9 Å². The lowest BCUT2D eigenvalue weighted by Crippen LogP contribution is -2.38. The van der Waals surface area contributed by atoms with Crippen LogP contribution in [-0.4, -0.2) is 40.3 Å². The third-order valence-electron chi connectivity index (χ3n) is 3.07. The fourth-order valence-electron chi connectivity index (χ4n) is 1.72. The molecule has 6 nitrogen and oxygen atoms in total. The molecule has 1 aromatic rings. The highest BCUT2D eigenvalue weighted by Gasteiger charge is 2.05. The Morgan fingerprint density at radius 3 is 2.50 bits per heavy atom. The number of guanidine groups is 1. The van der Waals surface area contributed by atoms with Gasteiger partial charge in [-0.25, -0.2) is 13.1 Å². The predicted octanol–water partition coefficient (Wildman–Crippen LogP) is 1.30. The van der Waals surface area contributed by atoms with Gasteiger partial charge >= 0.3 is 0 Å². The summed E-state index contributed by atoms with van der Waals surface area (Å²) in [4.78, 5) is 6.80. The molecule has 0 aliphatic rings. The molecule has 0 aromatic carbocycles. The highest BCUT2D eigenvalue weighted by Crippen LogP contribution is 2.16. The normalized spacial score (nSPS) is 12.4. The van der Waals surface area contributed by atoms with E-state index in [9.17, 15) is 8.42 Å². The largest absolute Gasteiger partial charge is 0.356 e. The number of nitrogens with zero attached hydrogens (tertiary/aromatic N) is 1. The summed E-state index contributed by atoms with van der Waals surface area (Å²) in [7, 11) is -1.37. The number of rotatable bonds is 9. The van der Waals surface area contributed by atoms with Crippen molar-refractivity contribution in [3.05, 3.63) is 21.9 Å². The van der Waals surface area contributed by atoms with E-state index in [-0.39, 0.29) is 5.75 Å². The summed E-state index contributed by atoms with van der Waals surface area (Å²) >= 11 is 1.80. The molecule has 0 bridgehead atoms. The summed E-state index contributed by atoms with van der Waals surface area (Å²) in [6, 6.07) is 4.28. The zero-order valence-electron chi connectivity index (χ0n) is 13.5. The van der Waals surface area contributed by atoms with Crippen LogP contribution in [0.5, 0.6) is 0 Å². The second kappa shape index (κ2) is 9.81. The van der Waals surface area contributed by atoms with Crippen LogP contribution in [0.4, 0.5) is 0 Å². The fourth-order valence-corrected chi connectivity index (χ4v) is 3.28. The van der Waals surface area contributed by atoms with Gasteiger partial charge in [-0.15, -0.1) is 11.3 Å². The summed E-state index contributed by atoms with van der Waals surface area (Å²) in [6.07, 6.45) is 1.77. The molecule has 1 heterocycles. The third-order valence-corrected chi connectivity index (χ3v) is 5.70. The van der Waals surface area contributed by atoms with Gasteiger partial charge in [0.1, 0.15) is 0 Å². The molecule has 0 atom stereocenters. The summed E-state index contributed by atoms with van der Waals surface area (Å²) in [5.41, 5.74) is 0. The minimum Gasteiger partial charge on any atom is -0.356 e. The van der Waals surface area contributed by atoms with Crippen molar-refractivity contribution in [2.45, 2.75) is 33.2 Å². The van der Waals surface area contributed by atoms with Gasteiger partial charge in [0, 0.05) is 29.9 Å². The second-order valence-electron chi connectivity index (χ2n) is 4.73. The van der Waals surface area contributed by atoms with Crippen molar-refractivity contribution in [1.82, 2.24) is 15.4 Å². The molecule has 0 unspecified atom stereocenters. The van der Waals surface area contributed by atoms with E-state index >= 15 is 0 Å². The first-order valence-corrected chi connectivity index (χ1v) is 9.97. The van der Waals surface area contributed by atoms with Crippen molar-refractivity contribution in [1.29, 1.82) is 0 Å². The van der Waals surface area contributed by atoms with Gasteiger partial charge in [0.05, 0.1) is 12.3 Å². The van der Waals surface area contributed by atoms with Crippen molar-refractivity contribution < 1.29 is 8.42 Å². The number of aryl methyl sites for hydroxylation is 1. The van der Waals surface area contributed by atoms with Crippen LogP contribution in [0.1, 0.15) is 30.0 Å². The van der Waals surface area contributed by atoms with E-state index in [4.69, 9.17) is 0 Å². The lowest BCUT2D eigenvalue weighted by molar-refractivity contribution is 0.579. The molecule has 0 saturated heterocycles. The van der Waals surface area contributed by atoms with Crippen LogP contribution in [-0.2, 0) is 23.0 Å². The van der Waals surface area contributed by atoms with Gasteiger partial charge in [-0.1, -0.05) is 6.92 Å². The van der Waals surface area contributed by atoms with Gasteiger partial charge in [0.2, 0.25) is 10.0 Å². The first kappa shape index (κ1) is 18.9. The Morgan fingerprint density at radius 1 is 1.18 bits per heavy atom. The quantitative estimate of drug-likeness (QED) is 0.358. The van der Waals surface area contributed by atoms with Gasteiger partial charge in [-0.05, 0) is 31.9 Å². The summed E-state index contributed by atoms with van der Waals surface area (Å²) in [6.45, 7) is 5.62. The second-order valence-corrected chi connectivity index (χ2v) is 8.07. The maximum absolute atomic E-state index is 11.3. The minimum atomic E-state index is -3.09. The average molecular weight is 347 g/mol. The highest BCUT2D eigenvalue weighted by molar-refractivity contribution is 7.89. The Kier molecular flexibility index (Phi) is 8.44. The zero-order chi connectivity index (χ0) is 16.4. The number of hydrogen-bond acceptors (Lipinski definition) is 4. The van der Waals surface area contributed by atoms with Gasteiger partial charge < -0.3 is 10.6 Å². The van der Waals surface area contributed by atoms with Crippen LogP contribution in [0, 0.1) is 0 Å². The van der Waals surface area contributed by atoms with Crippen LogP contribution in [0.2, 0.25) is 0 Å². The van der Waals surface area contributed by atoms with Crippen molar-refractivity contribution in [3.8, 4) is 0 Å². The molecule has 22 heavy (non-hydrogen) atoms. The molecule has 0 fully saturated rings. The standard InChI is InChI=1S/C14H26N4O2S2/c1-4-12-7-8-13(21-12)11-17-14(15-3)16-9-6-10-18-22(19,20)5-2/h7-8,18H,4-6,9-11H2,1-3H3,(H2,15,16,17). The molecule has 0 saturated carbocycles. The van der Waals surface area contributed by atoms with Crippen molar-refractivity contribution in [2.75, 3.05) is 25.9 Å². The fraction of sp³-hybridized carbons (Fsp3) is 0.643. The average Bonchev–Trinajstić information content (AvgIpc) is 2.98. The maximum Gasteiger partial charge on any atom is 0.211 e. The summed E-state index contributed by atoms with van der Waals surface area (Å²) in [5, 5.41) is 6.43. The summed E-state index contributed by atoms with van der Waals surface area (Å²) < 4.78 is 25.1. The van der Waals surface area contributed by atoms with E-state index in [1.165, 1.54) is 9.75 Å². The molecule has 126 valence electrons. The van der Waals surface area contributed by atoms with Crippen LogP contribution in [0.15, 0.2) is 17.1 Å². The van der Waals surface area contributed by atoms with Crippen molar-refractivity contribution in [2.24, 2.45) is 4.99 Å². The maximum atomic E-state index is 11.3. The van der Waals surface area contributed by atoms with Crippen molar-refractivity contribution in [3.63, 3.8) is 0 Å². The Hall–Kier alpha value is -1.12. The lowest BCUT2D eigenvalue weighted by atomic mass is 10.3. The Labute approximate surface area is 137 Å². The van der Waals surface area contributed by atoms with Crippen LogP contribution < -0.4 is 15.4 Å². The topological polar surface area (TPSA) is 82.6 Å². The minimum absolute atomic E-state index is 0.115. The first-order chi connectivity index (χ1) is 10.5. The molecular weight excluding hydrogens is 320 g/mol. The Bertz CT molecular complexity index is 567. The van der Waals surface area contributed by atoms with E-state index in [0.29, 0.717) is 19.5 Å². The van der Waals surface area contributed by atoms with Gasteiger partial charge in [0.15, 0.2) is 5.96 Å². The van der Waals surface area contributed by atoms with E-state index in [2.05, 4.69) is 39.4 Å². The van der Waals surface area contributed by atoms with E-state index in [1.807, 2.05) is 0 Å². The molecule has 0 spiro atoms. The highest BCUT2D eigenvalue weighted by atomic mass is 32.2. The first-order valence-electron chi connectivity index (χ1n) is 7.50. The van der Waals surface area contributed by atoms with E-state index < -0.39 is 10.0 Å². The Balaban J connectivity index is 2.23. The SMILES string of the molecule is CCc1ccc(CNC(=NC)NCCCNS(=O)(=O)CC)s1. The third kappa shape index (κ3) is 7.24. The molecule has 0 radical (unpaired) electrons. The van der Waals surface area contributed by atoms with Crippen LogP contribution >= 0.6 is 11.3 Å². The predicted molar refractivity (Wildman–Crippen MR) is 94.0 cm³/mol. The van der Waals surface area contributed by atoms with Gasteiger partial charge in [0.25, 0.3) is 0 Å². The number of nitrogens with one attached hydrogen (secondary N) is 3. The monoisotopic (exact) mass is 346 g/mol. The molecule has 0 aliphatic heterocycles. The van der Waals surface area contributed by atoms with Crippen LogP contribution in [0.3, 0.4) is 0 Å². The molecule has 1 rings (SSSR count). The van der Waals surface area contributed by atoms with E-state index in [1.54, 1.807) is 25.3 Å². The van der Waals surface area contributed by atoms with Crippen LogP contribution in [0.25, 0.3) is 0 Å². The number of hydrogen-bond donors (Lipinski definition) is 3. The summed E-state index contributed by atoms with van der Waals surface area (Å²) in [5.74, 6) is 0.842. The van der Waals surface area contributed by atoms with Gasteiger partial charge in [-0.2, -0.15) is 0 Å².